The van der Waals surface area contributed by atoms with Crippen LogP contribution in [-0.4, -0.2) is 51.5 Å². The number of carbonyl (C=O) groups is 1. The molecule has 1 heterocycles. The molecule has 3 aromatic rings. The second-order valence-electron chi connectivity index (χ2n) is 6.93. The van der Waals surface area contributed by atoms with Gasteiger partial charge in [0.05, 0.1) is 11.9 Å². The number of hydrogen-bond donors (Lipinski definition) is 0. The lowest BCUT2D eigenvalue weighted by atomic mass is 10.1. The quantitative estimate of drug-likeness (QED) is 0.546. The highest BCUT2D eigenvalue weighted by atomic mass is 32.2. The molecule has 1 atom stereocenters. The number of amides is 1. The summed E-state index contributed by atoms with van der Waals surface area (Å²) in [5.74, 6) is 1.59. The van der Waals surface area contributed by atoms with Gasteiger partial charge in [0.25, 0.3) is 0 Å². The van der Waals surface area contributed by atoms with Gasteiger partial charge in [0.1, 0.15) is 5.75 Å². The van der Waals surface area contributed by atoms with Crippen LogP contribution >= 0.6 is 11.8 Å². The van der Waals surface area contributed by atoms with E-state index in [4.69, 9.17) is 4.74 Å². The molecular formula is C22H26N4O2S. The van der Waals surface area contributed by atoms with Crippen molar-refractivity contribution in [2.75, 3.05) is 20.7 Å². The van der Waals surface area contributed by atoms with Gasteiger partial charge in [-0.15, -0.1) is 10.2 Å². The molecular weight excluding hydrogens is 384 g/mol. The molecule has 6 nitrogen and oxygen atoms in total. The van der Waals surface area contributed by atoms with Crippen LogP contribution in [0.1, 0.15) is 19.4 Å². The zero-order valence-corrected chi connectivity index (χ0v) is 18.2. The highest BCUT2D eigenvalue weighted by molar-refractivity contribution is 8.00. The minimum Gasteiger partial charge on any atom is -0.494 e. The first kappa shape index (κ1) is 20.9. The van der Waals surface area contributed by atoms with Crippen molar-refractivity contribution in [3.05, 3.63) is 54.1 Å². The normalized spacial score (nSPS) is 11.9. The Balaban J connectivity index is 2.06. The zero-order chi connectivity index (χ0) is 21.0. The van der Waals surface area contributed by atoms with Crippen LogP contribution in [0, 0.1) is 6.92 Å². The number of ether oxygens (including phenoxy) is 1. The SMILES string of the molecule is CCOc1ccc(-n2c(SC(C)C(=O)N(C)C)nnc2-c2cccc(C)c2)cc1. The Morgan fingerprint density at radius 1 is 1.17 bits per heavy atom. The van der Waals surface area contributed by atoms with Crippen LogP contribution in [0.25, 0.3) is 17.1 Å². The zero-order valence-electron chi connectivity index (χ0n) is 17.4. The molecule has 0 N–H and O–H groups in total. The standard InChI is InChI=1S/C22H26N4O2S/c1-6-28-19-12-10-18(11-13-19)26-20(17-9-7-8-15(2)14-17)23-24-22(26)29-16(3)21(27)25(4)5/h7-14,16H,6H2,1-5H3. The van der Waals surface area contributed by atoms with Crippen LogP contribution in [0.3, 0.4) is 0 Å². The number of hydrogen-bond acceptors (Lipinski definition) is 5. The number of aromatic nitrogens is 3. The molecule has 0 aliphatic rings. The Morgan fingerprint density at radius 3 is 2.52 bits per heavy atom. The second-order valence-corrected chi connectivity index (χ2v) is 8.24. The van der Waals surface area contributed by atoms with E-state index in [9.17, 15) is 4.79 Å². The van der Waals surface area contributed by atoms with Gasteiger partial charge in [0.2, 0.25) is 5.91 Å². The first-order valence-electron chi connectivity index (χ1n) is 9.54. The fourth-order valence-corrected chi connectivity index (χ4v) is 3.99. The van der Waals surface area contributed by atoms with E-state index in [0.29, 0.717) is 11.8 Å². The van der Waals surface area contributed by atoms with Gasteiger partial charge in [-0.25, -0.2) is 0 Å². The topological polar surface area (TPSA) is 60.2 Å². The van der Waals surface area contributed by atoms with E-state index in [1.807, 2.05) is 54.8 Å². The molecule has 0 fully saturated rings. The second kappa shape index (κ2) is 9.13. The summed E-state index contributed by atoms with van der Waals surface area (Å²) in [5, 5.41) is 9.27. The molecule has 0 aliphatic heterocycles. The van der Waals surface area contributed by atoms with Gasteiger partial charge in [-0.3, -0.25) is 9.36 Å². The lowest BCUT2D eigenvalue weighted by molar-refractivity contribution is -0.127. The Kier molecular flexibility index (Phi) is 6.59. The van der Waals surface area contributed by atoms with Crippen molar-refractivity contribution in [1.82, 2.24) is 19.7 Å². The number of carbonyl (C=O) groups excluding carboxylic acids is 1. The third-order valence-corrected chi connectivity index (χ3v) is 5.42. The van der Waals surface area contributed by atoms with Crippen LogP contribution in [0.4, 0.5) is 0 Å². The Labute approximate surface area is 175 Å². The van der Waals surface area contributed by atoms with Gasteiger partial charge in [-0.2, -0.15) is 0 Å². The van der Waals surface area contributed by atoms with E-state index >= 15 is 0 Å². The number of thioether (sulfide) groups is 1. The predicted molar refractivity (Wildman–Crippen MR) is 117 cm³/mol. The minimum absolute atomic E-state index is 0.0355. The Bertz CT molecular complexity index is 983. The number of nitrogens with zero attached hydrogens (tertiary/aromatic N) is 4. The Hall–Kier alpha value is -2.80. The summed E-state index contributed by atoms with van der Waals surface area (Å²) in [5.41, 5.74) is 3.04. The van der Waals surface area contributed by atoms with E-state index in [1.54, 1.807) is 19.0 Å². The molecule has 0 aliphatic carbocycles. The van der Waals surface area contributed by atoms with Crippen LogP contribution in [0.2, 0.25) is 0 Å². The van der Waals surface area contributed by atoms with Crippen LogP contribution in [0.15, 0.2) is 53.7 Å². The monoisotopic (exact) mass is 410 g/mol. The van der Waals surface area contributed by atoms with Gasteiger partial charge in [-0.1, -0.05) is 35.5 Å². The molecule has 29 heavy (non-hydrogen) atoms. The smallest absolute Gasteiger partial charge is 0.235 e. The first-order valence-corrected chi connectivity index (χ1v) is 10.4. The van der Waals surface area contributed by atoms with E-state index in [-0.39, 0.29) is 11.2 Å². The summed E-state index contributed by atoms with van der Waals surface area (Å²) < 4.78 is 7.56. The van der Waals surface area contributed by atoms with Crippen LogP contribution < -0.4 is 4.74 Å². The van der Waals surface area contributed by atoms with Crippen molar-refractivity contribution in [3.63, 3.8) is 0 Å². The predicted octanol–water partition coefficient (Wildman–Crippen LogP) is 4.21. The number of aryl methyl sites for hydroxylation is 1. The van der Waals surface area contributed by atoms with Crippen molar-refractivity contribution in [1.29, 1.82) is 0 Å². The lowest BCUT2D eigenvalue weighted by Gasteiger charge is -2.17. The van der Waals surface area contributed by atoms with E-state index in [0.717, 1.165) is 28.4 Å². The van der Waals surface area contributed by atoms with Crippen molar-refractivity contribution in [2.45, 2.75) is 31.2 Å². The third kappa shape index (κ3) is 4.79. The molecule has 0 bridgehead atoms. The molecule has 0 saturated carbocycles. The fourth-order valence-electron chi connectivity index (χ4n) is 2.98. The van der Waals surface area contributed by atoms with Crippen molar-refractivity contribution < 1.29 is 9.53 Å². The van der Waals surface area contributed by atoms with Gasteiger partial charge >= 0.3 is 0 Å². The Morgan fingerprint density at radius 2 is 1.90 bits per heavy atom. The number of rotatable bonds is 7. The van der Waals surface area contributed by atoms with Crippen molar-refractivity contribution in [2.24, 2.45) is 0 Å². The molecule has 1 aromatic heterocycles. The van der Waals surface area contributed by atoms with Crippen LogP contribution in [0.5, 0.6) is 5.75 Å². The highest BCUT2D eigenvalue weighted by Crippen LogP contribution is 2.31. The van der Waals surface area contributed by atoms with Gasteiger partial charge < -0.3 is 9.64 Å². The summed E-state index contributed by atoms with van der Waals surface area (Å²) in [4.78, 5) is 14.0. The van der Waals surface area contributed by atoms with E-state index < -0.39 is 0 Å². The van der Waals surface area contributed by atoms with Gasteiger partial charge in [0, 0.05) is 25.3 Å². The van der Waals surface area contributed by atoms with Gasteiger partial charge in [0.15, 0.2) is 11.0 Å². The molecule has 0 saturated heterocycles. The summed E-state index contributed by atoms with van der Waals surface area (Å²) in [6.07, 6.45) is 0. The molecule has 3 rings (SSSR count). The summed E-state index contributed by atoms with van der Waals surface area (Å²) in [6.45, 7) is 6.51. The summed E-state index contributed by atoms with van der Waals surface area (Å²) >= 11 is 1.40. The molecule has 7 heteroatoms. The van der Waals surface area contributed by atoms with Crippen molar-refractivity contribution in [3.8, 4) is 22.8 Å². The molecule has 152 valence electrons. The maximum atomic E-state index is 12.4. The third-order valence-electron chi connectivity index (χ3n) is 4.39. The van der Waals surface area contributed by atoms with Gasteiger partial charge in [-0.05, 0) is 51.1 Å². The maximum absolute atomic E-state index is 12.4. The molecule has 2 aromatic carbocycles. The van der Waals surface area contributed by atoms with Crippen LogP contribution in [-0.2, 0) is 4.79 Å². The average Bonchev–Trinajstić information content (AvgIpc) is 3.11. The fraction of sp³-hybridized carbons (Fsp3) is 0.318. The summed E-state index contributed by atoms with van der Waals surface area (Å²) in [6, 6.07) is 16.0. The maximum Gasteiger partial charge on any atom is 0.235 e. The minimum atomic E-state index is -0.277. The molecule has 1 unspecified atom stereocenters. The molecule has 0 radical (unpaired) electrons. The average molecular weight is 411 g/mol. The molecule has 1 amide bonds. The largest absolute Gasteiger partial charge is 0.494 e. The first-order chi connectivity index (χ1) is 13.9. The molecule has 0 spiro atoms. The lowest BCUT2D eigenvalue weighted by Crippen LogP contribution is -2.29. The van der Waals surface area contributed by atoms with E-state index in [1.165, 1.54) is 11.8 Å². The highest BCUT2D eigenvalue weighted by Gasteiger charge is 2.22. The summed E-state index contributed by atoms with van der Waals surface area (Å²) in [7, 11) is 3.52. The van der Waals surface area contributed by atoms with Crippen molar-refractivity contribution >= 4 is 17.7 Å². The number of benzene rings is 2. The van der Waals surface area contributed by atoms with E-state index in [2.05, 4.69) is 29.3 Å².